The minimum atomic E-state index is -3.87. The van der Waals surface area contributed by atoms with Crippen LogP contribution in [0.2, 0.25) is 0 Å². The van der Waals surface area contributed by atoms with E-state index in [-0.39, 0.29) is 10.5 Å². The number of benzene rings is 3. The summed E-state index contributed by atoms with van der Waals surface area (Å²) in [7, 11) is -3.87. The van der Waals surface area contributed by atoms with Crippen LogP contribution in [0.5, 0.6) is 5.75 Å². The molecule has 1 radical (unpaired) electrons. The molecule has 0 spiro atoms. The van der Waals surface area contributed by atoms with Crippen molar-refractivity contribution in [3.63, 3.8) is 0 Å². The first-order valence-electron chi connectivity index (χ1n) is 9.20. The summed E-state index contributed by atoms with van der Waals surface area (Å²) in [5.41, 5.74) is 0.696. The topological polar surface area (TPSA) is 52.6 Å². The van der Waals surface area contributed by atoms with Crippen LogP contribution in [-0.2, 0) is 12.6 Å². The molecule has 3 rings (SSSR count). The van der Waals surface area contributed by atoms with Crippen molar-refractivity contribution in [1.82, 2.24) is 0 Å². The fourth-order valence-corrected chi connectivity index (χ4v) is 9.47. The van der Waals surface area contributed by atoms with Crippen molar-refractivity contribution in [3.8, 4) is 5.75 Å². The molecule has 0 aliphatic rings. The lowest BCUT2D eigenvalue weighted by Crippen LogP contribution is -3.85. The molecule has 3 aromatic rings. The molecule has 0 amide bonds. The van der Waals surface area contributed by atoms with Crippen LogP contribution in [-0.4, -0.2) is 14.0 Å². The number of ether oxygens (including phenoxy) is 1. The summed E-state index contributed by atoms with van der Waals surface area (Å²) in [5, 5.41) is 0. The summed E-state index contributed by atoms with van der Waals surface area (Å²) in [4.78, 5) is 0.175. The van der Waals surface area contributed by atoms with E-state index < -0.39 is 30.4 Å². The molecule has 0 saturated heterocycles. The molecule has 0 heterocycles. The van der Waals surface area contributed by atoms with Gasteiger partial charge in [0.05, 0.1) is 4.90 Å². The number of rotatable bonds is 6. The fraction of sp³-hybridized carbons (Fsp3) is 0.217. The molecular weight excluding hydrogens is 499 g/mol. The Morgan fingerprint density at radius 2 is 1.31 bits per heavy atom. The van der Waals surface area contributed by atoms with E-state index in [4.69, 9.17) is 7.25 Å². The molecule has 0 N–H and O–H groups in total. The van der Waals surface area contributed by atoms with Crippen molar-refractivity contribution in [2.45, 2.75) is 38.2 Å². The van der Waals surface area contributed by atoms with E-state index in [0.717, 1.165) is 18.5 Å². The molecule has 6 heteroatoms. The van der Waals surface area contributed by atoms with E-state index >= 15 is 0 Å². The largest absolute Gasteiger partial charge is 0.488 e. The van der Waals surface area contributed by atoms with Gasteiger partial charge < -0.3 is 4.74 Å². The molecule has 0 aliphatic carbocycles. The molecule has 0 saturated carbocycles. The molecule has 0 atom stereocenters. The first-order valence-corrected chi connectivity index (χ1v) is 13.6. The Balaban J connectivity index is 1.95. The first kappa shape index (κ1) is 21.8. The molecule has 4 nitrogen and oxygen atoms in total. The molecule has 0 aromatic heterocycles. The Hall–Kier alpha value is -1.90. The fourth-order valence-electron chi connectivity index (χ4n) is 2.52. The quantitative estimate of drug-likeness (QED) is 0.464. The van der Waals surface area contributed by atoms with Crippen LogP contribution < -0.4 is 25.0 Å². The number of halogens is 1. The van der Waals surface area contributed by atoms with E-state index in [2.05, 4.69) is 0 Å². The van der Waals surface area contributed by atoms with Gasteiger partial charge in [0.2, 0.25) is 0 Å². The zero-order valence-corrected chi connectivity index (χ0v) is 19.9. The summed E-state index contributed by atoms with van der Waals surface area (Å²) >= 11 is -2.69. The van der Waals surface area contributed by atoms with Crippen LogP contribution in [0.1, 0.15) is 26.3 Å². The van der Waals surface area contributed by atoms with Gasteiger partial charge in [-0.2, -0.15) is 8.42 Å². The lowest BCUT2D eigenvalue weighted by molar-refractivity contribution is -1.03. The third kappa shape index (κ3) is 6.04. The van der Waals surface area contributed by atoms with Crippen LogP contribution in [0.25, 0.3) is 0 Å². The highest BCUT2D eigenvalue weighted by Crippen LogP contribution is 2.17. The van der Waals surface area contributed by atoms with Crippen LogP contribution in [0.3, 0.4) is 0 Å². The van der Waals surface area contributed by atoms with Crippen LogP contribution in [0.4, 0.5) is 0 Å². The second-order valence-corrected chi connectivity index (χ2v) is 14.0. The smallest absolute Gasteiger partial charge is 0.336 e. The predicted octanol–water partition coefficient (Wildman–Crippen LogP) is 2.16. The molecule has 3 aromatic carbocycles. The van der Waals surface area contributed by atoms with Gasteiger partial charge in [-0.05, 0) is 78.7 Å². The number of aryl methyl sites for hydroxylation is 1. The van der Waals surface area contributed by atoms with Crippen molar-refractivity contribution >= 4 is 10.1 Å². The molecule has 29 heavy (non-hydrogen) atoms. The Morgan fingerprint density at radius 3 is 1.86 bits per heavy atom. The second kappa shape index (κ2) is 8.85. The molecule has 0 fully saturated rings. The van der Waals surface area contributed by atoms with E-state index in [1.807, 2.05) is 82.3 Å². The van der Waals surface area contributed by atoms with Gasteiger partial charge in [-0.1, -0.05) is 35.9 Å². The van der Waals surface area contributed by atoms with Crippen LogP contribution >= 0.6 is 0 Å². The zero-order valence-electron chi connectivity index (χ0n) is 16.9. The number of hydrogen-bond donors (Lipinski definition) is 0. The van der Waals surface area contributed by atoms with Crippen LogP contribution in [0.15, 0.2) is 83.8 Å². The van der Waals surface area contributed by atoms with Gasteiger partial charge >= 0.3 is 30.4 Å². The van der Waals surface area contributed by atoms with Crippen molar-refractivity contribution < 1.29 is 35.9 Å². The third-order valence-corrected chi connectivity index (χ3v) is 11.2. The molecule has 153 valence electrons. The van der Waals surface area contributed by atoms with Crippen LogP contribution in [0, 0.1) is 14.1 Å². The maximum atomic E-state index is 12.9. The molecule has 0 bridgehead atoms. The Bertz CT molecular complexity index is 1040. The van der Waals surface area contributed by atoms with Gasteiger partial charge in [-0.25, -0.2) is 0 Å². The summed E-state index contributed by atoms with van der Waals surface area (Å²) < 4.78 is 39.4. The minimum absolute atomic E-state index is 0.175. The average Bonchev–Trinajstić information content (AvgIpc) is 2.67. The summed E-state index contributed by atoms with van der Waals surface area (Å²) in [6.07, 6.45) is 0. The van der Waals surface area contributed by atoms with E-state index in [9.17, 15) is 8.42 Å². The van der Waals surface area contributed by atoms with Gasteiger partial charge in [-0.3, -0.25) is 0 Å². The molecule has 0 aliphatic heterocycles. The summed E-state index contributed by atoms with van der Waals surface area (Å²) in [6, 6.07) is 23.8. The van der Waals surface area contributed by atoms with Crippen molar-refractivity contribution in [3.05, 3.63) is 91.6 Å². The maximum absolute atomic E-state index is 12.9. The van der Waals surface area contributed by atoms with Gasteiger partial charge in [0.1, 0.15) is 11.4 Å². The van der Waals surface area contributed by atoms with Crippen molar-refractivity contribution in [2.24, 2.45) is 0 Å². The Labute approximate surface area is 180 Å². The van der Waals surface area contributed by atoms with Crippen molar-refractivity contribution in [1.29, 1.82) is 0 Å². The Kier molecular flexibility index (Phi) is 6.65. The van der Waals surface area contributed by atoms with Gasteiger partial charge in [0.25, 0.3) is 0 Å². The normalized spacial score (nSPS) is 12.2. The van der Waals surface area contributed by atoms with Gasteiger partial charge in [0, 0.05) is 0 Å². The van der Waals surface area contributed by atoms with Crippen molar-refractivity contribution in [2.75, 3.05) is 0 Å². The highest BCUT2D eigenvalue weighted by Gasteiger charge is 2.37. The standard InChI is InChI=1S/C23H25IO4S/c1-18-10-16-22(17-11-18)29(25,26)28-24(19-8-6-5-7-9-19)20-12-14-21(15-13-20)27-23(2,3)4/h5-17H,1-4H3/q+1. The van der Waals surface area contributed by atoms with E-state index in [0.29, 0.717) is 0 Å². The summed E-state index contributed by atoms with van der Waals surface area (Å²) in [5.74, 6) is 0.742. The Morgan fingerprint density at radius 1 is 0.759 bits per heavy atom. The zero-order chi connectivity index (χ0) is 21.1. The monoisotopic (exact) mass is 524 g/mol. The van der Waals surface area contributed by atoms with E-state index in [1.165, 1.54) is 0 Å². The molecule has 0 unspecified atom stereocenters. The molecular formula is C23H25IO4S+. The third-order valence-electron chi connectivity index (χ3n) is 3.82. The first-order chi connectivity index (χ1) is 13.6. The lowest BCUT2D eigenvalue weighted by Gasteiger charge is -2.21. The highest BCUT2D eigenvalue weighted by atomic mass is 127. The maximum Gasteiger partial charge on any atom is 0.336 e. The van der Waals surface area contributed by atoms with E-state index in [1.54, 1.807) is 24.3 Å². The second-order valence-electron chi connectivity index (χ2n) is 7.54. The number of hydrogen-bond acceptors (Lipinski definition) is 4. The predicted molar refractivity (Wildman–Crippen MR) is 110 cm³/mol. The minimum Gasteiger partial charge on any atom is -0.488 e. The SMILES string of the molecule is Cc1ccc(S(=O)(=O)O[I+](c2ccccc2)c2ccc(OC(C)(C)C)cc2)cc1. The average molecular weight is 524 g/mol. The lowest BCUT2D eigenvalue weighted by atomic mass is 10.2. The van der Waals surface area contributed by atoms with Gasteiger partial charge in [0.15, 0.2) is 7.14 Å². The summed E-state index contributed by atoms with van der Waals surface area (Å²) in [6.45, 7) is 7.88. The highest BCUT2D eigenvalue weighted by molar-refractivity contribution is 7.86. The van der Waals surface area contributed by atoms with Gasteiger partial charge in [-0.15, -0.1) is 0 Å².